The number of anilines is 1. The fourth-order valence-electron chi connectivity index (χ4n) is 3.91. The van der Waals surface area contributed by atoms with Crippen LogP contribution in [-0.4, -0.2) is 35.8 Å². The lowest BCUT2D eigenvalue weighted by atomic mass is 10.1. The molecule has 0 radical (unpaired) electrons. The van der Waals surface area contributed by atoms with Crippen LogP contribution >= 0.6 is 0 Å². The minimum atomic E-state index is -0.854. The lowest BCUT2D eigenvalue weighted by Gasteiger charge is -2.20. The van der Waals surface area contributed by atoms with Crippen LogP contribution in [0.15, 0.2) is 65.6 Å². The molecule has 36 heavy (non-hydrogen) atoms. The van der Waals surface area contributed by atoms with Gasteiger partial charge in [-0.3, -0.25) is 9.59 Å². The van der Waals surface area contributed by atoms with Gasteiger partial charge in [-0.15, -0.1) is 0 Å². The Balaban J connectivity index is 1.95. The van der Waals surface area contributed by atoms with E-state index in [0.717, 1.165) is 17.0 Å². The zero-order valence-corrected chi connectivity index (χ0v) is 19.9. The molecule has 0 unspecified atom stereocenters. The lowest BCUT2D eigenvalue weighted by molar-refractivity contribution is 0.0991. The summed E-state index contributed by atoms with van der Waals surface area (Å²) < 4.78 is 40.4. The number of rotatable bonds is 7. The quantitative estimate of drug-likeness (QED) is 0.389. The summed E-state index contributed by atoms with van der Waals surface area (Å²) in [5.41, 5.74) is -0.0343. The third-order valence-corrected chi connectivity index (χ3v) is 5.52. The lowest BCUT2D eigenvalue weighted by Crippen LogP contribution is -2.32. The number of phenols is 1. The summed E-state index contributed by atoms with van der Waals surface area (Å²) in [6.45, 7) is 4.47. The van der Waals surface area contributed by atoms with E-state index in [9.17, 15) is 23.5 Å². The molecule has 0 aliphatic heterocycles. The first-order valence-corrected chi connectivity index (χ1v) is 11.3. The van der Waals surface area contributed by atoms with Crippen molar-refractivity contribution in [2.75, 3.05) is 25.2 Å². The predicted octanol–water partition coefficient (Wildman–Crippen LogP) is 5.05. The Labute approximate surface area is 205 Å². The maximum atomic E-state index is 13.8. The van der Waals surface area contributed by atoms with Crippen molar-refractivity contribution in [1.82, 2.24) is 4.57 Å². The van der Waals surface area contributed by atoms with E-state index in [2.05, 4.69) is 0 Å². The van der Waals surface area contributed by atoms with Crippen molar-refractivity contribution in [3.05, 3.63) is 88.2 Å². The summed E-state index contributed by atoms with van der Waals surface area (Å²) in [6, 6.07) is 12.0. The Morgan fingerprint density at radius 1 is 0.944 bits per heavy atom. The number of ether oxygens (including phenoxy) is 2. The molecule has 0 saturated carbocycles. The van der Waals surface area contributed by atoms with Crippen LogP contribution in [0.5, 0.6) is 17.2 Å². The monoisotopic (exact) mass is 494 g/mol. The van der Waals surface area contributed by atoms with Gasteiger partial charge in [0.25, 0.3) is 5.91 Å². The average molecular weight is 494 g/mol. The fourth-order valence-corrected chi connectivity index (χ4v) is 3.91. The summed E-state index contributed by atoms with van der Waals surface area (Å²) in [5, 5.41) is 10.3. The highest BCUT2D eigenvalue weighted by Crippen LogP contribution is 2.29. The number of hydrogen-bond donors (Lipinski definition) is 1. The molecule has 0 aliphatic carbocycles. The molecular formula is C27H24F2N2O5. The van der Waals surface area contributed by atoms with Gasteiger partial charge in [-0.25, -0.2) is 8.78 Å². The topological polar surface area (TPSA) is 81.0 Å². The molecule has 186 valence electrons. The first-order chi connectivity index (χ1) is 17.2. The molecule has 1 heterocycles. The number of benzene rings is 3. The Kier molecular flexibility index (Phi) is 6.91. The van der Waals surface area contributed by atoms with Gasteiger partial charge in [-0.05, 0) is 38.1 Å². The van der Waals surface area contributed by atoms with E-state index in [1.807, 2.05) is 13.8 Å². The second kappa shape index (κ2) is 10.1. The number of fused-ring (bicyclic) bond motifs is 1. The molecule has 0 spiro atoms. The van der Waals surface area contributed by atoms with Crippen LogP contribution < -0.4 is 19.8 Å². The maximum Gasteiger partial charge on any atom is 0.263 e. The molecule has 4 aromatic rings. The highest BCUT2D eigenvalue weighted by Gasteiger charge is 2.22. The van der Waals surface area contributed by atoms with Gasteiger partial charge in [-0.2, -0.15) is 0 Å². The molecule has 3 aromatic carbocycles. The molecule has 9 heteroatoms. The molecule has 0 atom stereocenters. The number of carbonyl (C=O) groups excluding carboxylic acids is 1. The Morgan fingerprint density at radius 3 is 2.14 bits per heavy atom. The number of nitrogens with zero attached hydrogens (tertiary/aromatic N) is 2. The second-order valence-corrected chi connectivity index (χ2v) is 7.96. The van der Waals surface area contributed by atoms with Crippen molar-refractivity contribution < 1.29 is 28.2 Å². The van der Waals surface area contributed by atoms with Crippen molar-refractivity contribution in [2.45, 2.75) is 13.8 Å². The number of amides is 1. The zero-order chi connectivity index (χ0) is 26.0. The van der Waals surface area contributed by atoms with Gasteiger partial charge in [0.2, 0.25) is 5.43 Å². The maximum absolute atomic E-state index is 13.8. The summed E-state index contributed by atoms with van der Waals surface area (Å²) in [7, 11) is 1.32. The van der Waals surface area contributed by atoms with Gasteiger partial charge in [-0.1, -0.05) is 0 Å². The van der Waals surface area contributed by atoms with E-state index in [0.29, 0.717) is 42.0 Å². The SMILES string of the molecule is CCOc1cc(OCC)cc(-n2cc(C(=O)N(C)c3cc(F)cc(F)c3)c(=O)c3ccc(O)cc32)c1. The Hall–Kier alpha value is -4.40. The van der Waals surface area contributed by atoms with E-state index in [-0.39, 0.29) is 22.4 Å². The molecule has 1 amide bonds. The van der Waals surface area contributed by atoms with Crippen molar-refractivity contribution in [3.8, 4) is 22.9 Å². The first kappa shape index (κ1) is 24.7. The van der Waals surface area contributed by atoms with E-state index in [4.69, 9.17) is 9.47 Å². The van der Waals surface area contributed by atoms with Gasteiger partial charge in [0, 0.05) is 54.6 Å². The van der Waals surface area contributed by atoms with Crippen LogP contribution in [0, 0.1) is 11.6 Å². The molecule has 0 saturated heterocycles. The van der Waals surface area contributed by atoms with Crippen LogP contribution in [0.2, 0.25) is 0 Å². The number of carbonyl (C=O) groups is 1. The average Bonchev–Trinajstić information content (AvgIpc) is 2.83. The highest BCUT2D eigenvalue weighted by molar-refractivity contribution is 6.07. The number of aromatic nitrogens is 1. The van der Waals surface area contributed by atoms with Crippen molar-refractivity contribution in [1.29, 1.82) is 0 Å². The number of hydrogen-bond acceptors (Lipinski definition) is 5. The summed E-state index contributed by atoms with van der Waals surface area (Å²) in [5.74, 6) is -1.54. The second-order valence-electron chi connectivity index (χ2n) is 7.96. The Morgan fingerprint density at radius 2 is 1.56 bits per heavy atom. The molecule has 7 nitrogen and oxygen atoms in total. The van der Waals surface area contributed by atoms with E-state index >= 15 is 0 Å². The number of halogens is 2. The van der Waals surface area contributed by atoms with Crippen LogP contribution in [-0.2, 0) is 0 Å². The first-order valence-electron chi connectivity index (χ1n) is 11.3. The van der Waals surface area contributed by atoms with Gasteiger partial charge >= 0.3 is 0 Å². The molecule has 0 aliphatic rings. The zero-order valence-electron chi connectivity index (χ0n) is 19.9. The highest BCUT2D eigenvalue weighted by atomic mass is 19.1. The minimum absolute atomic E-state index is 0.0498. The van der Waals surface area contributed by atoms with Crippen molar-refractivity contribution >= 4 is 22.5 Å². The van der Waals surface area contributed by atoms with E-state index < -0.39 is 23.0 Å². The predicted molar refractivity (Wildman–Crippen MR) is 133 cm³/mol. The molecule has 0 bridgehead atoms. The van der Waals surface area contributed by atoms with Gasteiger partial charge in [0.05, 0.1) is 24.4 Å². The number of phenolic OH excluding ortho intramolecular Hbond substituents is 1. The number of pyridine rings is 1. The molecule has 0 fully saturated rings. The van der Waals surface area contributed by atoms with Gasteiger partial charge in [0.15, 0.2) is 0 Å². The number of aromatic hydroxyl groups is 1. The smallest absolute Gasteiger partial charge is 0.263 e. The fraction of sp³-hybridized carbons (Fsp3) is 0.185. The summed E-state index contributed by atoms with van der Waals surface area (Å²) >= 11 is 0. The van der Waals surface area contributed by atoms with Crippen LogP contribution in [0.25, 0.3) is 16.6 Å². The molecule has 4 rings (SSSR count). The molecule has 1 N–H and O–H groups in total. The van der Waals surface area contributed by atoms with Crippen LogP contribution in [0.1, 0.15) is 24.2 Å². The van der Waals surface area contributed by atoms with Gasteiger partial charge in [0.1, 0.15) is 34.4 Å². The summed E-state index contributed by atoms with van der Waals surface area (Å²) in [4.78, 5) is 27.7. The van der Waals surface area contributed by atoms with Crippen molar-refractivity contribution in [2.24, 2.45) is 0 Å². The van der Waals surface area contributed by atoms with Crippen LogP contribution in [0.3, 0.4) is 0 Å². The van der Waals surface area contributed by atoms with E-state index in [1.165, 1.54) is 31.4 Å². The summed E-state index contributed by atoms with van der Waals surface area (Å²) in [6.07, 6.45) is 1.33. The molecule has 1 aromatic heterocycles. The normalized spacial score (nSPS) is 10.9. The van der Waals surface area contributed by atoms with E-state index in [1.54, 1.807) is 22.8 Å². The third kappa shape index (κ3) is 4.86. The Bertz CT molecular complexity index is 1470. The third-order valence-electron chi connectivity index (χ3n) is 5.52. The van der Waals surface area contributed by atoms with Crippen molar-refractivity contribution in [3.63, 3.8) is 0 Å². The van der Waals surface area contributed by atoms with Crippen LogP contribution in [0.4, 0.5) is 14.5 Å². The molecular weight excluding hydrogens is 470 g/mol. The standard InChI is InChI=1S/C27H24F2N2O5/c1-4-35-21-11-19(12-22(14-21)36-5-2)31-15-24(26(33)23-7-6-20(32)13-25(23)31)27(34)30(3)18-9-16(28)8-17(29)10-18/h6-15,32H,4-5H2,1-3H3. The largest absolute Gasteiger partial charge is 0.508 e. The van der Waals surface area contributed by atoms with Gasteiger partial charge < -0.3 is 24.0 Å². The minimum Gasteiger partial charge on any atom is -0.508 e.